The largest absolute Gasteiger partial charge is 0.308 e. The monoisotopic (exact) mass is 714 g/mol. The van der Waals surface area contributed by atoms with Gasteiger partial charge >= 0.3 is 0 Å². The first-order valence-electron chi connectivity index (χ1n) is 19.0. The lowest BCUT2D eigenvalue weighted by atomic mass is 9.95. The van der Waals surface area contributed by atoms with Crippen LogP contribution in [-0.2, 0) is 0 Å². The van der Waals surface area contributed by atoms with E-state index in [0.29, 0.717) is 0 Å². The zero-order valence-electron chi connectivity index (χ0n) is 30.4. The number of benzene rings is 7. The van der Waals surface area contributed by atoms with E-state index in [-0.39, 0.29) is 0 Å². The summed E-state index contributed by atoms with van der Waals surface area (Å²) >= 11 is 0. The van der Waals surface area contributed by atoms with Crippen molar-refractivity contribution in [3.05, 3.63) is 206 Å². The van der Waals surface area contributed by atoms with Crippen LogP contribution in [0.1, 0.15) is 0 Å². The molecule has 0 saturated carbocycles. The molecule has 0 N–H and O–H groups in total. The van der Waals surface area contributed by atoms with Crippen LogP contribution in [0.25, 0.3) is 83.5 Å². The molecule has 56 heavy (non-hydrogen) atoms. The lowest BCUT2D eigenvalue weighted by Crippen LogP contribution is -2.11. The number of fused-ring (bicyclic) bond motifs is 8. The van der Waals surface area contributed by atoms with E-state index in [9.17, 15) is 0 Å². The van der Waals surface area contributed by atoms with E-state index >= 15 is 0 Å². The van der Waals surface area contributed by atoms with Crippen LogP contribution in [0.2, 0.25) is 0 Å². The first-order chi connectivity index (χ1) is 27.8. The van der Waals surface area contributed by atoms with Crippen molar-refractivity contribution < 1.29 is 0 Å². The second-order valence-corrected chi connectivity index (χ2v) is 14.2. The molecule has 0 aliphatic carbocycles. The van der Waals surface area contributed by atoms with Gasteiger partial charge in [0.2, 0.25) is 0 Å². The standard InChI is InChI=1S/C52H34N4/c1-4-16-35(17-5-1)37-30-38(36-18-6-2-7-19-36)32-39(31-37)46-33-41(28-29-53-46)56-48-27-15-13-25-45(48)52-50(56)34-49-51(54-52)44-24-11-10-22-42(44)43-23-12-14-26-47(43)55(49)40-20-8-3-9-21-40/h1-34H. The molecule has 0 atom stereocenters. The van der Waals surface area contributed by atoms with Crippen molar-refractivity contribution in [2.45, 2.75) is 0 Å². The minimum atomic E-state index is 0.903. The average molecular weight is 715 g/mol. The van der Waals surface area contributed by atoms with Crippen LogP contribution in [0.3, 0.4) is 0 Å². The SMILES string of the molecule is c1ccc(-c2cc(-c3ccccc3)cc(-c3cc(-n4c5ccccc5c5nc6c(cc54)N(c4ccccc4)c4ccccc4-c4ccccc4-6)ccn3)c2)cc1. The van der Waals surface area contributed by atoms with Crippen LogP contribution in [0.15, 0.2) is 206 Å². The summed E-state index contributed by atoms with van der Waals surface area (Å²) in [6, 6.07) is 71.2. The fourth-order valence-corrected chi connectivity index (χ4v) is 8.40. The van der Waals surface area contributed by atoms with Crippen molar-refractivity contribution >= 4 is 39.0 Å². The third-order valence-corrected chi connectivity index (χ3v) is 10.9. The van der Waals surface area contributed by atoms with E-state index in [1.54, 1.807) is 0 Å². The summed E-state index contributed by atoms with van der Waals surface area (Å²) in [5.41, 5.74) is 18.4. The van der Waals surface area contributed by atoms with Crippen LogP contribution < -0.4 is 4.90 Å². The quantitative estimate of drug-likeness (QED) is 0.178. The van der Waals surface area contributed by atoms with E-state index in [1.165, 1.54) is 22.3 Å². The van der Waals surface area contributed by atoms with Crippen molar-refractivity contribution in [1.82, 2.24) is 14.5 Å². The normalized spacial score (nSPS) is 11.9. The van der Waals surface area contributed by atoms with E-state index in [1.807, 2.05) is 6.20 Å². The molecule has 0 spiro atoms. The van der Waals surface area contributed by atoms with E-state index in [2.05, 4.69) is 210 Å². The van der Waals surface area contributed by atoms with Crippen LogP contribution in [0, 0.1) is 0 Å². The fraction of sp³-hybridized carbons (Fsp3) is 0. The van der Waals surface area contributed by atoms with Crippen molar-refractivity contribution in [2.24, 2.45) is 0 Å². The van der Waals surface area contributed by atoms with Gasteiger partial charge in [0.25, 0.3) is 0 Å². The van der Waals surface area contributed by atoms with Gasteiger partial charge in [-0.1, -0.05) is 140 Å². The number of anilines is 3. The molecule has 10 aromatic rings. The summed E-state index contributed by atoms with van der Waals surface area (Å²) in [7, 11) is 0. The molecular weight excluding hydrogens is 681 g/mol. The first-order valence-corrected chi connectivity index (χ1v) is 19.0. The number of nitrogens with zero attached hydrogens (tertiary/aromatic N) is 4. The number of rotatable bonds is 5. The lowest BCUT2D eigenvalue weighted by Gasteiger charge is -2.27. The number of pyridine rings is 2. The maximum absolute atomic E-state index is 5.64. The zero-order chi connectivity index (χ0) is 37.0. The molecule has 11 rings (SSSR count). The van der Waals surface area contributed by atoms with Gasteiger partial charge < -0.3 is 9.47 Å². The Labute approximate surface area is 325 Å². The molecule has 1 aliphatic heterocycles. The first kappa shape index (κ1) is 31.9. The number of hydrogen-bond donors (Lipinski definition) is 0. The molecule has 0 radical (unpaired) electrons. The Morgan fingerprint density at radius 1 is 0.375 bits per heavy atom. The molecule has 0 bridgehead atoms. The van der Waals surface area contributed by atoms with Crippen LogP contribution in [0.4, 0.5) is 17.1 Å². The maximum Gasteiger partial charge on any atom is 0.0972 e. The number of aromatic nitrogens is 3. The molecule has 4 nitrogen and oxygen atoms in total. The Bertz CT molecular complexity index is 3020. The highest BCUT2D eigenvalue weighted by Gasteiger charge is 2.29. The van der Waals surface area contributed by atoms with Gasteiger partial charge in [-0.15, -0.1) is 0 Å². The highest BCUT2D eigenvalue weighted by molar-refractivity contribution is 6.11. The van der Waals surface area contributed by atoms with Gasteiger partial charge in [0.15, 0.2) is 0 Å². The third kappa shape index (κ3) is 5.23. The van der Waals surface area contributed by atoms with Crippen LogP contribution in [-0.4, -0.2) is 14.5 Å². The molecule has 4 heterocycles. The number of para-hydroxylation sites is 3. The third-order valence-electron chi connectivity index (χ3n) is 10.9. The minimum absolute atomic E-state index is 0.903. The Balaban J connectivity index is 1.16. The van der Waals surface area contributed by atoms with E-state index in [4.69, 9.17) is 9.97 Å². The average Bonchev–Trinajstić information content (AvgIpc) is 3.54. The Morgan fingerprint density at radius 2 is 0.964 bits per heavy atom. The molecule has 3 aromatic heterocycles. The zero-order valence-corrected chi connectivity index (χ0v) is 30.4. The Hall–Kier alpha value is -7.56. The second-order valence-electron chi connectivity index (χ2n) is 14.2. The maximum atomic E-state index is 5.64. The summed E-state index contributed by atoms with van der Waals surface area (Å²) < 4.78 is 2.36. The Kier molecular flexibility index (Phi) is 7.46. The van der Waals surface area contributed by atoms with Gasteiger partial charge in [0, 0.05) is 39.6 Å². The van der Waals surface area contributed by atoms with E-state index < -0.39 is 0 Å². The molecule has 0 amide bonds. The molecule has 4 heteroatoms. The van der Waals surface area contributed by atoms with Crippen LogP contribution >= 0.6 is 0 Å². The molecule has 0 unspecified atom stereocenters. The molecule has 262 valence electrons. The van der Waals surface area contributed by atoms with Crippen molar-refractivity contribution in [2.75, 3.05) is 4.90 Å². The molecule has 7 aromatic carbocycles. The van der Waals surface area contributed by atoms with E-state index in [0.717, 1.165) is 78.3 Å². The second kappa shape index (κ2) is 13.1. The van der Waals surface area contributed by atoms with Crippen LogP contribution in [0.5, 0.6) is 0 Å². The lowest BCUT2D eigenvalue weighted by molar-refractivity contribution is 1.15. The van der Waals surface area contributed by atoms with Gasteiger partial charge in [-0.3, -0.25) is 4.98 Å². The van der Waals surface area contributed by atoms with Gasteiger partial charge in [0.05, 0.1) is 39.3 Å². The van der Waals surface area contributed by atoms with Gasteiger partial charge in [0.1, 0.15) is 0 Å². The highest BCUT2D eigenvalue weighted by Crippen LogP contribution is 2.51. The summed E-state index contributed by atoms with van der Waals surface area (Å²) in [6.07, 6.45) is 1.93. The summed E-state index contributed by atoms with van der Waals surface area (Å²) in [5.74, 6) is 0. The van der Waals surface area contributed by atoms with Crippen molar-refractivity contribution in [3.63, 3.8) is 0 Å². The highest BCUT2D eigenvalue weighted by atomic mass is 15.2. The fourth-order valence-electron chi connectivity index (χ4n) is 8.40. The van der Waals surface area contributed by atoms with Gasteiger partial charge in [-0.25, -0.2) is 4.98 Å². The summed E-state index contributed by atoms with van der Waals surface area (Å²) in [5, 5.41) is 1.10. The van der Waals surface area contributed by atoms with Crippen molar-refractivity contribution in [3.8, 4) is 61.6 Å². The predicted molar refractivity (Wildman–Crippen MR) is 232 cm³/mol. The molecular formula is C52H34N4. The molecule has 1 aliphatic rings. The predicted octanol–water partition coefficient (Wildman–Crippen LogP) is 13.7. The number of hydrogen-bond acceptors (Lipinski definition) is 3. The topological polar surface area (TPSA) is 34.0 Å². The van der Waals surface area contributed by atoms with Gasteiger partial charge in [-0.05, 0) is 88.5 Å². The Morgan fingerprint density at radius 3 is 1.70 bits per heavy atom. The minimum Gasteiger partial charge on any atom is -0.308 e. The van der Waals surface area contributed by atoms with Crippen molar-refractivity contribution in [1.29, 1.82) is 0 Å². The summed E-state index contributed by atoms with van der Waals surface area (Å²) in [6.45, 7) is 0. The molecule has 0 saturated heterocycles. The van der Waals surface area contributed by atoms with Gasteiger partial charge in [-0.2, -0.15) is 0 Å². The summed E-state index contributed by atoms with van der Waals surface area (Å²) in [4.78, 5) is 13.0. The smallest absolute Gasteiger partial charge is 0.0972 e. The molecule has 0 fully saturated rings.